The van der Waals surface area contributed by atoms with E-state index in [0.717, 1.165) is 17.4 Å². The molecule has 1 aromatic carbocycles. The summed E-state index contributed by atoms with van der Waals surface area (Å²) in [4.78, 5) is 12.5. The average Bonchev–Trinajstić information content (AvgIpc) is 2.34. The number of ketones is 1. The van der Waals surface area contributed by atoms with E-state index in [0.29, 0.717) is 11.3 Å². The predicted molar refractivity (Wildman–Crippen MR) is 74.0 cm³/mol. The van der Waals surface area contributed by atoms with Crippen LogP contribution in [0.5, 0.6) is 5.75 Å². The van der Waals surface area contributed by atoms with E-state index in [9.17, 15) is 4.79 Å². The van der Waals surface area contributed by atoms with Crippen LogP contribution in [0, 0.1) is 5.92 Å². The number of Topliss-reactive ketones (excluding diaryl/α,β-unsaturated/α-hetero) is 1. The van der Waals surface area contributed by atoms with Crippen LogP contribution in [0.2, 0.25) is 0 Å². The van der Waals surface area contributed by atoms with Gasteiger partial charge in [0.25, 0.3) is 0 Å². The van der Waals surface area contributed by atoms with Gasteiger partial charge in [-0.2, -0.15) is 0 Å². The largest absolute Gasteiger partial charge is 0.496 e. The van der Waals surface area contributed by atoms with Gasteiger partial charge in [-0.3, -0.25) is 4.79 Å². The van der Waals surface area contributed by atoms with Crippen LogP contribution < -0.4 is 4.74 Å². The molecule has 0 amide bonds. The Kier molecular flexibility index (Phi) is 4.91. The summed E-state index contributed by atoms with van der Waals surface area (Å²) in [6.45, 7) is 2.90. The van der Waals surface area contributed by atoms with Crippen LogP contribution in [0.3, 0.4) is 0 Å². The van der Waals surface area contributed by atoms with Crippen molar-refractivity contribution in [2.75, 3.05) is 34.8 Å². The molecule has 1 atom stereocenters. The first-order chi connectivity index (χ1) is 8.39. The second-order valence-electron chi connectivity index (χ2n) is 5.64. The van der Waals surface area contributed by atoms with Crippen LogP contribution >= 0.6 is 0 Å². The van der Waals surface area contributed by atoms with E-state index in [4.69, 9.17) is 4.74 Å². The Hall–Kier alpha value is -1.35. The highest BCUT2D eigenvalue weighted by molar-refractivity contribution is 6.00. The van der Waals surface area contributed by atoms with Gasteiger partial charge in [0.1, 0.15) is 5.75 Å². The molecule has 3 nitrogen and oxygen atoms in total. The van der Waals surface area contributed by atoms with E-state index in [1.807, 2.05) is 24.3 Å². The topological polar surface area (TPSA) is 26.3 Å². The van der Waals surface area contributed by atoms with Gasteiger partial charge in [-0.1, -0.05) is 19.1 Å². The Morgan fingerprint density at radius 3 is 2.39 bits per heavy atom. The van der Waals surface area contributed by atoms with Gasteiger partial charge < -0.3 is 9.22 Å². The highest BCUT2D eigenvalue weighted by atomic mass is 16.5. The minimum atomic E-state index is 0.0429. The highest BCUT2D eigenvalue weighted by Crippen LogP contribution is 2.23. The average molecular weight is 250 g/mol. The van der Waals surface area contributed by atoms with Crippen molar-refractivity contribution in [3.8, 4) is 5.75 Å². The Morgan fingerprint density at radius 2 is 1.89 bits per heavy atom. The third-order valence-electron chi connectivity index (χ3n) is 3.00. The fourth-order valence-corrected chi connectivity index (χ4v) is 2.13. The van der Waals surface area contributed by atoms with Gasteiger partial charge in [-0.25, -0.2) is 0 Å². The maximum Gasteiger partial charge on any atom is 0.175 e. The highest BCUT2D eigenvalue weighted by Gasteiger charge is 2.26. The quantitative estimate of drug-likeness (QED) is 0.573. The lowest BCUT2D eigenvalue weighted by Crippen LogP contribution is -2.41. The van der Waals surface area contributed by atoms with E-state index in [2.05, 4.69) is 28.1 Å². The van der Waals surface area contributed by atoms with E-state index in [1.165, 1.54) is 0 Å². The molecule has 0 aliphatic rings. The van der Waals surface area contributed by atoms with Crippen LogP contribution in [-0.4, -0.2) is 45.1 Å². The molecule has 0 saturated carbocycles. The standard InChI is InChI=1S/C15H24NO2/c1-6-12(11-16(2,3)4)15(17)13-9-7-8-10-14(13)18-5/h7-10,12H,6,11H2,1-5H3/q+1. The van der Waals surface area contributed by atoms with Crippen LogP contribution in [0.25, 0.3) is 0 Å². The summed E-state index contributed by atoms with van der Waals surface area (Å²) >= 11 is 0. The maximum absolute atomic E-state index is 12.5. The van der Waals surface area contributed by atoms with Gasteiger partial charge in [0.15, 0.2) is 5.78 Å². The molecule has 0 radical (unpaired) electrons. The number of nitrogens with zero attached hydrogens (tertiary/aromatic N) is 1. The number of rotatable bonds is 6. The summed E-state index contributed by atoms with van der Waals surface area (Å²) in [7, 11) is 7.93. The number of quaternary nitrogens is 1. The van der Waals surface area contributed by atoms with Gasteiger partial charge in [0, 0.05) is 0 Å². The summed E-state index contributed by atoms with van der Waals surface area (Å²) in [5.74, 6) is 0.895. The molecule has 3 heteroatoms. The zero-order valence-corrected chi connectivity index (χ0v) is 12.1. The SMILES string of the molecule is CCC(C[N+](C)(C)C)C(=O)c1ccccc1OC. The fourth-order valence-electron chi connectivity index (χ4n) is 2.13. The molecule has 0 bridgehead atoms. The van der Waals surface area contributed by atoms with Gasteiger partial charge in [-0.15, -0.1) is 0 Å². The lowest BCUT2D eigenvalue weighted by Gasteiger charge is -2.28. The minimum absolute atomic E-state index is 0.0429. The number of methoxy groups -OCH3 is 1. The molecule has 0 aliphatic carbocycles. The first kappa shape index (κ1) is 14.7. The Labute approximate surface area is 110 Å². The third-order valence-corrected chi connectivity index (χ3v) is 3.00. The molecule has 0 heterocycles. The van der Waals surface area contributed by atoms with Crippen LogP contribution in [-0.2, 0) is 0 Å². The van der Waals surface area contributed by atoms with E-state index in [-0.39, 0.29) is 11.7 Å². The summed E-state index contributed by atoms with van der Waals surface area (Å²) < 4.78 is 6.06. The molecule has 1 aromatic rings. The first-order valence-electron chi connectivity index (χ1n) is 6.36. The fraction of sp³-hybridized carbons (Fsp3) is 0.533. The number of ether oxygens (including phenoxy) is 1. The molecule has 1 unspecified atom stereocenters. The second-order valence-corrected chi connectivity index (χ2v) is 5.64. The molecule has 1 rings (SSSR count). The molecular weight excluding hydrogens is 226 g/mol. The van der Waals surface area contributed by atoms with Gasteiger partial charge in [-0.05, 0) is 18.6 Å². The lowest BCUT2D eigenvalue weighted by atomic mass is 9.94. The van der Waals surface area contributed by atoms with Crippen molar-refractivity contribution < 1.29 is 14.0 Å². The molecule has 0 aliphatic heterocycles. The Morgan fingerprint density at radius 1 is 1.28 bits per heavy atom. The van der Waals surface area contributed by atoms with Crippen molar-refractivity contribution in [1.82, 2.24) is 0 Å². The smallest absolute Gasteiger partial charge is 0.175 e. The molecule has 0 saturated heterocycles. The third kappa shape index (κ3) is 3.84. The van der Waals surface area contributed by atoms with E-state index >= 15 is 0 Å². The lowest BCUT2D eigenvalue weighted by molar-refractivity contribution is -0.872. The van der Waals surface area contributed by atoms with Crippen molar-refractivity contribution in [2.45, 2.75) is 13.3 Å². The number of para-hydroxylation sites is 1. The summed E-state index contributed by atoms with van der Waals surface area (Å²) in [6.07, 6.45) is 0.854. The van der Waals surface area contributed by atoms with Crippen molar-refractivity contribution in [3.63, 3.8) is 0 Å². The number of hydrogen-bond donors (Lipinski definition) is 0. The van der Waals surface area contributed by atoms with Gasteiger partial charge >= 0.3 is 0 Å². The van der Waals surface area contributed by atoms with Crippen molar-refractivity contribution >= 4 is 5.78 Å². The normalized spacial score (nSPS) is 13.2. The minimum Gasteiger partial charge on any atom is -0.496 e. The number of carbonyl (C=O) groups is 1. The van der Waals surface area contributed by atoms with E-state index in [1.54, 1.807) is 7.11 Å². The van der Waals surface area contributed by atoms with Crippen LogP contribution in [0.15, 0.2) is 24.3 Å². The molecule has 0 N–H and O–H groups in total. The van der Waals surface area contributed by atoms with Gasteiger partial charge in [0.05, 0.1) is 46.3 Å². The number of hydrogen-bond acceptors (Lipinski definition) is 2. The molecule has 0 fully saturated rings. The predicted octanol–water partition coefficient (Wildman–Crippen LogP) is 2.61. The second kappa shape index (κ2) is 6.01. The van der Waals surface area contributed by atoms with Crippen molar-refractivity contribution in [2.24, 2.45) is 5.92 Å². The van der Waals surface area contributed by atoms with Crippen molar-refractivity contribution in [3.05, 3.63) is 29.8 Å². The summed E-state index contributed by atoms with van der Waals surface area (Å²) in [6, 6.07) is 7.45. The van der Waals surface area contributed by atoms with Crippen LogP contribution in [0.1, 0.15) is 23.7 Å². The molecule has 18 heavy (non-hydrogen) atoms. The molecule has 100 valence electrons. The first-order valence-corrected chi connectivity index (χ1v) is 6.36. The Balaban J connectivity index is 2.97. The Bertz CT molecular complexity index is 407. The van der Waals surface area contributed by atoms with Gasteiger partial charge in [0.2, 0.25) is 0 Å². The summed E-state index contributed by atoms with van der Waals surface area (Å²) in [5, 5.41) is 0. The maximum atomic E-state index is 12.5. The zero-order chi connectivity index (χ0) is 13.8. The monoisotopic (exact) mass is 250 g/mol. The number of carbonyl (C=O) groups excluding carboxylic acids is 1. The molecular formula is C15H24NO2+. The zero-order valence-electron chi connectivity index (χ0n) is 12.1. The van der Waals surface area contributed by atoms with Crippen LogP contribution in [0.4, 0.5) is 0 Å². The summed E-state index contributed by atoms with van der Waals surface area (Å²) in [5.41, 5.74) is 0.695. The van der Waals surface area contributed by atoms with Crippen molar-refractivity contribution in [1.29, 1.82) is 0 Å². The molecule has 0 aromatic heterocycles. The molecule has 0 spiro atoms. The van der Waals surface area contributed by atoms with E-state index < -0.39 is 0 Å². The number of benzene rings is 1.